The number of rotatable bonds is 2. The molecule has 2 aliphatic heterocycles. The van der Waals surface area contributed by atoms with E-state index >= 15 is 0 Å². The Morgan fingerprint density at radius 2 is 2.00 bits per heavy atom. The van der Waals surface area contributed by atoms with Gasteiger partial charge in [0.2, 0.25) is 0 Å². The number of fused-ring (bicyclic) bond motifs is 1. The van der Waals surface area contributed by atoms with Gasteiger partial charge in [0.25, 0.3) is 5.91 Å². The van der Waals surface area contributed by atoms with Gasteiger partial charge < -0.3 is 14.6 Å². The summed E-state index contributed by atoms with van der Waals surface area (Å²) in [6, 6.07) is 9.37. The summed E-state index contributed by atoms with van der Waals surface area (Å²) < 4.78 is 11.0. The van der Waals surface area contributed by atoms with Crippen LogP contribution in [0.5, 0.6) is 0 Å². The van der Waals surface area contributed by atoms with Gasteiger partial charge in [0, 0.05) is 10.4 Å². The third-order valence-corrected chi connectivity index (χ3v) is 5.06. The zero-order chi connectivity index (χ0) is 16.0. The van der Waals surface area contributed by atoms with Gasteiger partial charge in [-0.1, -0.05) is 6.07 Å². The minimum absolute atomic E-state index is 0.102. The Kier molecular flexibility index (Phi) is 3.41. The number of carbonyl (C=O) groups excluding carboxylic acids is 1. The number of ether oxygens (including phenoxy) is 2. The average Bonchev–Trinajstić information content (AvgIpc) is 3.26. The molecule has 1 aromatic heterocycles. The van der Waals surface area contributed by atoms with Gasteiger partial charge in [0.15, 0.2) is 6.29 Å². The molecule has 23 heavy (non-hydrogen) atoms. The van der Waals surface area contributed by atoms with E-state index in [1.54, 1.807) is 17.4 Å². The highest BCUT2D eigenvalue weighted by Gasteiger charge is 2.32. The lowest BCUT2D eigenvalue weighted by atomic mass is 10.1. The van der Waals surface area contributed by atoms with Crippen LogP contribution in [0, 0.1) is 0 Å². The summed E-state index contributed by atoms with van der Waals surface area (Å²) in [7, 11) is 0. The molecular weight excluding hydrogens is 318 g/mol. The van der Waals surface area contributed by atoms with Crippen molar-refractivity contribution >= 4 is 23.3 Å². The summed E-state index contributed by atoms with van der Waals surface area (Å²) in [4.78, 5) is 25.9. The topological polar surface area (TPSA) is 76.1 Å². The summed E-state index contributed by atoms with van der Waals surface area (Å²) in [5.41, 5.74) is 2.15. The van der Waals surface area contributed by atoms with Crippen molar-refractivity contribution in [2.24, 2.45) is 0 Å². The lowest BCUT2D eigenvalue weighted by Gasteiger charge is -2.06. The van der Waals surface area contributed by atoms with Crippen molar-refractivity contribution in [2.75, 3.05) is 13.2 Å². The predicted octanol–water partition coefficient (Wildman–Crippen LogP) is 3.09. The number of hydrogen-bond acceptors (Lipinski definition) is 5. The number of benzene rings is 1. The lowest BCUT2D eigenvalue weighted by Crippen LogP contribution is -2.29. The summed E-state index contributed by atoms with van der Waals surface area (Å²) in [5.74, 6) is -0.460. The SMILES string of the molecule is O=C(O)N1Cc2cc(-c3ccc(C4OCCO4)s3)ccc2C1=O. The first-order valence-corrected chi connectivity index (χ1v) is 7.96. The van der Waals surface area contributed by atoms with Crippen molar-refractivity contribution in [1.29, 1.82) is 0 Å². The zero-order valence-electron chi connectivity index (χ0n) is 12.0. The molecule has 1 N–H and O–H groups in total. The molecule has 0 atom stereocenters. The Morgan fingerprint density at radius 1 is 1.22 bits per heavy atom. The fourth-order valence-corrected chi connectivity index (χ4v) is 3.79. The summed E-state index contributed by atoms with van der Waals surface area (Å²) in [5, 5.41) is 9.05. The molecule has 6 nitrogen and oxygen atoms in total. The van der Waals surface area contributed by atoms with Crippen LogP contribution in [0.1, 0.15) is 27.1 Å². The van der Waals surface area contributed by atoms with Crippen molar-refractivity contribution in [3.8, 4) is 10.4 Å². The smallest absolute Gasteiger partial charge is 0.414 e. The number of thiophene rings is 1. The van der Waals surface area contributed by atoms with Crippen LogP contribution in [0.3, 0.4) is 0 Å². The van der Waals surface area contributed by atoms with Crippen LogP contribution in [-0.2, 0) is 16.0 Å². The fourth-order valence-electron chi connectivity index (χ4n) is 2.79. The van der Waals surface area contributed by atoms with Crippen LogP contribution in [0.2, 0.25) is 0 Å². The molecule has 0 saturated carbocycles. The molecule has 4 rings (SSSR count). The monoisotopic (exact) mass is 331 g/mol. The van der Waals surface area contributed by atoms with Gasteiger partial charge in [-0.3, -0.25) is 4.79 Å². The summed E-state index contributed by atoms with van der Waals surface area (Å²) >= 11 is 1.57. The first kappa shape index (κ1) is 14.4. The van der Waals surface area contributed by atoms with Crippen molar-refractivity contribution in [2.45, 2.75) is 12.8 Å². The Hall–Kier alpha value is -2.22. The number of amides is 2. The summed E-state index contributed by atoms with van der Waals surface area (Å²) in [6.07, 6.45) is -1.52. The Morgan fingerprint density at radius 3 is 2.74 bits per heavy atom. The molecule has 0 radical (unpaired) electrons. The number of hydrogen-bond donors (Lipinski definition) is 1. The van der Waals surface area contributed by atoms with E-state index in [9.17, 15) is 9.59 Å². The maximum atomic E-state index is 12.0. The van der Waals surface area contributed by atoms with Gasteiger partial charge in [-0.25, -0.2) is 9.69 Å². The minimum atomic E-state index is -1.22. The van der Waals surface area contributed by atoms with Crippen LogP contribution in [0.25, 0.3) is 10.4 Å². The van der Waals surface area contributed by atoms with Crippen LogP contribution in [0.15, 0.2) is 30.3 Å². The highest BCUT2D eigenvalue weighted by Crippen LogP contribution is 2.36. The molecule has 7 heteroatoms. The van der Waals surface area contributed by atoms with E-state index in [2.05, 4.69) is 0 Å². The fraction of sp³-hybridized carbons (Fsp3) is 0.250. The molecule has 2 aromatic rings. The number of imide groups is 1. The third-order valence-electron chi connectivity index (χ3n) is 3.91. The minimum Gasteiger partial charge on any atom is -0.465 e. The first-order chi connectivity index (χ1) is 11.1. The maximum Gasteiger partial charge on any atom is 0.414 e. The van der Waals surface area contributed by atoms with Crippen molar-refractivity contribution < 1.29 is 24.2 Å². The molecule has 1 fully saturated rings. The average molecular weight is 331 g/mol. The maximum absolute atomic E-state index is 12.0. The summed E-state index contributed by atoms with van der Waals surface area (Å²) in [6.45, 7) is 1.30. The third kappa shape index (κ3) is 2.42. The second-order valence-electron chi connectivity index (χ2n) is 5.32. The van der Waals surface area contributed by atoms with E-state index in [-0.39, 0.29) is 12.8 Å². The quantitative estimate of drug-likeness (QED) is 0.915. The van der Waals surface area contributed by atoms with Gasteiger partial charge >= 0.3 is 6.09 Å². The van der Waals surface area contributed by atoms with Crippen LogP contribution < -0.4 is 0 Å². The predicted molar refractivity (Wildman–Crippen MR) is 82.3 cm³/mol. The molecule has 0 spiro atoms. The Bertz CT molecular complexity index is 794. The molecule has 0 aliphatic carbocycles. The van der Waals surface area contributed by atoms with E-state index in [1.165, 1.54) is 0 Å². The molecule has 2 amide bonds. The molecule has 1 aromatic carbocycles. The normalized spacial score (nSPS) is 17.7. The van der Waals surface area contributed by atoms with E-state index in [0.29, 0.717) is 18.8 Å². The van der Waals surface area contributed by atoms with Gasteiger partial charge in [-0.05, 0) is 35.4 Å². The zero-order valence-corrected chi connectivity index (χ0v) is 12.8. The van der Waals surface area contributed by atoms with Gasteiger partial charge in [0.1, 0.15) is 0 Å². The van der Waals surface area contributed by atoms with Crippen LogP contribution >= 0.6 is 11.3 Å². The van der Waals surface area contributed by atoms with Gasteiger partial charge in [-0.15, -0.1) is 11.3 Å². The van der Waals surface area contributed by atoms with Crippen molar-refractivity contribution in [1.82, 2.24) is 4.90 Å². The molecule has 118 valence electrons. The van der Waals surface area contributed by atoms with Crippen LogP contribution in [0.4, 0.5) is 4.79 Å². The number of carboxylic acid groups (broad SMARTS) is 1. The van der Waals surface area contributed by atoms with Gasteiger partial charge in [-0.2, -0.15) is 0 Å². The van der Waals surface area contributed by atoms with Gasteiger partial charge in [0.05, 0.1) is 24.6 Å². The standard InChI is InChI=1S/C16H13NO5S/c18-14-11-2-1-9(7-10(11)8-17(14)16(19)20)12-3-4-13(23-12)15-21-5-6-22-15/h1-4,7,15H,5-6,8H2,(H,19,20). The lowest BCUT2D eigenvalue weighted by molar-refractivity contribution is -0.0413. The van der Waals surface area contributed by atoms with E-state index in [0.717, 1.165) is 25.8 Å². The first-order valence-electron chi connectivity index (χ1n) is 7.14. The van der Waals surface area contributed by atoms with E-state index < -0.39 is 12.0 Å². The number of nitrogens with zero attached hydrogens (tertiary/aromatic N) is 1. The molecule has 0 unspecified atom stereocenters. The molecule has 2 aliphatic rings. The second kappa shape index (κ2) is 5.45. The molecule has 3 heterocycles. The highest BCUT2D eigenvalue weighted by atomic mass is 32.1. The Balaban J connectivity index is 1.63. The highest BCUT2D eigenvalue weighted by molar-refractivity contribution is 7.15. The van der Waals surface area contributed by atoms with E-state index in [1.807, 2.05) is 24.3 Å². The molecule has 0 bridgehead atoms. The molecular formula is C16H13NO5S. The van der Waals surface area contributed by atoms with Crippen molar-refractivity contribution in [3.05, 3.63) is 46.3 Å². The second-order valence-corrected chi connectivity index (χ2v) is 6.44. The Labute approximate surface area is 135 Å². The van der Waals surface area contributed by atoms with E-state index in [4.69, 9.17) is 14.6 Å². The molecule has 1 saturated heterocycles. The van der Waals surface area contributed by atoms with Crippen molar-refractivity contribution in [3.63, 3.8) is 0 Å². The number of carbonyl (C=O) groups is 2. The largest absolute Gasteiger partial charge is 0.465 e. The van der Waals surface area contributed by atoms with Crippen LogP contribution in [-0.4, -0.2) is 35.2 Å².